The van der Waals surface area contributed by atoms with Crippen LogP contribution in [0, 0.1) is 18.3 Å². The normalized spacial score (nSPS) is 10.3. The Morgan fingerprint density at radius 3 is 2.65 bits per heavy atom. The lowest BCUT2D eigenvalue weighted by molar-refractivity contribution is 0.0467. The zero-order valence-electron chi connectivity index (χ0n) is 14.6. The first-order valence-electron chi connectivity index (χ1n) is 8.20. The number of benzene rings is 1. The van der Waals surface area contributed by atoms with Crippen LogP contribution in [-0.2, 0) is 11.3 Å². The Labute approximate surface area is 151 Å². The lowest BCUT2D eigenvalue weighted by Gasteiger charge is -2.10. The van der Waals surface area contributed by atoms with E-state index in [1.54, 1.807) is 23.9 Å². The van der Waals surface area contributed by atoms with Crippen LogP contribution in [0.1, 0.15) is 34.2 Å². The lowest BCUT2D eigenvalue weighted by atomic mass is 10.1. The van der Waals surface area contributed by atoms with E-state index in [1.807, 2.05) is 49.4 Å². The average molecular weight is 350 g/mol. The standard InChI is InChI=1S/C20H18N2O4/c1-3-24-17-9-5-4-8-15(17)13-25-20(23)18-14(2)26-19(16(18)12-21)22-10-6-7-11-22/h4-11H,3,13H2,1-2H3. The highest BCUT2D eigenvalue weighted by Gasteiger charge is 2.25. The quantitative estimate of drug-likeness (QED) is 0.628. The third-order valence-electron chi connectivity index (χ3n) is 3.85. The van der Waals surface area contributed by atoms with E-state index in [0.29, 0.717) is 24.0 Å². The number of nitriles is 1. The topological polar surface area (TPSA) is 77.4 Å². The van der Waals surface area contributed by atoms with Crippen molar-refractivity contribution in [3.8, 4) is 17.7 Å². The highest BCUT2D eigenvalue weighted by atomic mass is 16.5. The fourth-order valence-electron chi connectivity index (χ4n) is 2.67. The van der Waals surface area contributed by atoms with Gasteiger partial charge in [-0.2, -0.15) is 5.26 Å². The van der Waals surface area contributed by atoms with E-state index in [2.05, 4.69) is 0 Å². The SMILES string of the molecule is CCOc1ccccc1COC(=O)c1c(C)oc(-n2cccc2)c1C#N. The molecule has 3 aromatic rings. The zero-order valence-corrected chi connectivity index (χ0v) is 14.6. The molecule has 0 aliphatic heterocycles. The molecule has 0 N–H and O–H groups in total. The van der Waals surface area contributed by atoms with Gasteiger partial charge in [0.1, 0.15) is 35.3 Å². The smallest absolute Gasteiger partial charge is 0.343 e. The summed E-state index contributed by atoms with van der Waals surface area (Å²) in [5, 5.41) is 9.51. The summed E-state index contributed by atoms with van der Waals surface area (Å²) in [6.45, 7) is 4.09. The predicted molar refractivity (Wildman–Crippen MR) is 94.2 cm³/mol. The van der Waals surface area contributed by atoms with E-state index in [-0.39, 0.29) is 17.7 Å². The fraction of sp³-hybridized carbons (Fsp3) is 0.200. The van der Waals surface area contributed by atoms with Crippen molar-refractivity contribution in [2.75, 3.05) is 6.61 Å². The molecule has 6 heteroatoms. The Morgan fingerprint density at radius 2 is 1.96 bits per heavy atom. The van der Waals surface area contributed by atoms with E-state index in [4.69, 9.17) is 13.9 Å². The molecular weight excluding hydrogens is 332 g/mol. The van der Waals surface area contributed by atoms with Crippen LogP contribution < -0.4 is 4.74 Å². The number of carbonyl (C=O) groups is 1. The van der Waals surface area contributed by atoms with Gasteiger partial charge in [0.25, 0.3) is 0 Å². The molecule has 0 aliphatic carbocycles. The molecule has 0 atom stereocenters. The van der Waals surface area contributed by atoms with Crippen LogP contribution in [0.4, 0.5) is 0 Å². The molecule has 2 aromatic heterocycles. The van der Waals surface area contributed by atoms with Crippen LogP contribution in [-0.4, -0.2) is 17.1 Å². The number of aryl methyl sites for hydroxylation is 1. The van der Waals surface area contributed by atoms with Gasteiger partial charge < -0.3 is 13.9 Å². The number of rotatable bonds is 6. The van der Waals surface area contributed by atoms with Gasteiger partial charge >= 0.3 is 5.97 Å². The second kappa shape index (κ2) is 7.62. The first-order chi connectivity index (χ1) is 12.7. The number of ether oxygens (including phenoxy) is 2. The Kier molecular flexibility index (Phi) is 5.09. The third kappa shape index (κ3) is 3.33. The molecule has 0 radical (unpaired) electrons. The van der Waals surface area contributed by atoms with Crippen molar-refractivity contribution in [3.05, 3.63) is 71.2 Å². The van der Waals surface area contributed by atoms with Gasteiger partial charge in [-0.25, -0.2) is 4.79 Å². The highest BCUT2D eigenvalue weighted by Crippen LogP contribution is 2.27. The summed E-state index contributed by atoms with van der Waals surface area (Å²) in [5.74, 6) is 0.706. The van der Waals surface area contributed by atoms with Crippen LogP contribution in [0.3, 0.4) is 0 Å². The first kappa shape index (κ1) is 17.4. The van der Waals surface area contributed by atoms with Crippen molar-refractivity contribution in [1.29, 1.82) is 5.26 Å². The Morgan fingerprint density at radius 1 is 1.23 bits per heavy atom. The van der Waals surface area contributed by atoms with Crippen molar-refractivity contribution in [2.45, 2.75) is 20.5 Å². The van der Waals surface area contributed by atoms with Crippen molar-refractivity contribution in [2.24, 2.45) is 0 Å². The van der Waals surface area contributed by atoms with Crippen molar-refractivity contribution in [3.63, 3.8) is 0 Å². The van der Waals surface area contributed by atoms with Crippen LogP contribution in [0.25, 0.3) is 5.88 Å². The first-order valence-corrected chi connectivity index (χ1v) is 8.20. The van der Waals surface area contributed by atoms with Gasteiger partial charge in [-0.1, -0.05) is 18.2 Å². The molecule has 6 nitrogen and oxygen atoms in total. The molecule has 0 saturated carbocycles. The van der Waals surface area contributed by atoms with Gasteiger partial charge in [-0.05, 0) is 32.0 Å². The number of carbonyl (C=O) groups excluding carboxylic acids is 1. The summed E-state index contributed by atoms with van der Waals surface area (Å²) in [5.41, 5.74) is 1.06. The van der Waals surface area contributed by atoms with E-state index in [9.17, 15) is 10.1 Å². The number of hydrogen-bond acceptors (Lipinski definition) is 5. The molecule has 0 amide bonds. The van der Waals surface area contributed by atoms with Crippen LogP contribution >= 0.6 is 0 Å². The summed E-state index contributed by atoms with van der Waals surface area (Å²) < 4.78 is 18.2. The maximum absolute atomic E-state index is 12.6. The molecule has 0 spiro atoms. The minimum atomic E-state index is -0.604. The van der Waals surface area contributed by atoms with E-state index >= 15 is 0 Å². The summed E-state index contributed by atoms with van der Waals surface area (Å²) >= 11 is 0. The van der Waals surface area contributed by atoms with Crippen molar-refractivity contribution in [1.82, 2.24) is 4.57 Å². The monoisotopic (exact) mass is 350 g/mol. The minimum Gasteiger partial charge on any atom is -0.493 e. The summed E-state index contributed by atoms with van der Waals surface area (Å²) in [4.78, 5) is 12.6. The Hall–Kier alpha value is -3.46. The van der Waals surface area contributed by atoms with E-state index in [1.165, 1.54) is 0 Å². The van der Waals surface area contributed by atoms with Crippen molar-refractivity contribution >= 4 is 5.97 Å². The molecule has 1 aromatic carbocycles. The second-order valence-corrected chi connectivity index (χ2v) is 5.53. The van der Waals surface area contributed by atoms with Gasteiger partial charge in [0.15, 0.2) is 0 Å². The molecule has 2 heterocycles. The summed E-state index contributed by atoms with van der Waals surface area (Å²) in [6.07, 6.45) is 3.49. The summed E-state index contributed by atoms with van der Waals surface area (Å²) in [7, 11) is 0. The van der Waals surface area contributed by atoms with Gasteiger partial charge in [-0.3, -0.25) is 4.57 Å². The third-order valence-corrected chi connectivity index (χ3v) is 3.85. The number of para-hydroxylation sites is 1. The molecule has 0 unspecified atom stereocenters. The second-order valence-electron chi connectivity index (χ2n) is 5.53. The lowest BCUT2D eigenvalue weighted by Crippen LogP contribution is -2.09. The zero-order chi connectivity index (χ0) is 18.5. The van der Waals surface area contributed by atoms with Crippen molar-refractivity contribution < 1.29 is 18.7 Å². The Bertz CT molecular complexity index is 949. The van der Waals surface area contributed by atoms with Crippen LogP contribution in [0.15, 0.2) is 53.2 Å². The summed E-state index contributed by atoms with van der Waals surface area (Å²) in [6, 6.07) is 13.0. The van der Waals surface area contributed by atoms with Crippen LogP contribution in [0.2, 0.25) is 0 Å². The number of nitrogens with zero attached hydrogens (tertiary/aromatic N) is 2. The minimum absolute atomic E-state index is 0.0450. The van der Waals surface area contributed by atoms with E-state index < -0.39 is 5.97 Å². The molecule has 132 valence electrons. The number of hydrogen-bond donors (Lipinski definition) is 0. The van der Waals surface area contributed by atoms with Crippen LogP contribution in [0.5, 0.6) is 5.75 Å². The van der Waals surface area contributed by atoms with E-state index in [0.717, 1.165) is 5.56 Å². The maximum atomic E-state index is 12.6. The fourth-order valence-corrected chi connectivity index (χ4v) is 2.67. The predicted octanol–water partition coefficient (Wildman–Crippen LogP) is 4.01. The molecule has 3 rings (SSSR count). The number of furan rings is 1. The average Bonchev–Trinajstić information content (AvgIpc) is 3.28. The number of aromatic nitrogens is 1. The van der Waals surface area contributed by atoms with Gasteiger partial charge in [0.05, 0.1) is 6.61 Å². The maximum Gasteiger partial charge on any atom is 0.343 e. The molecule has 0 aliphatic rings. The largest absolute Gasteiger partial charge is 0.493 e. The van der Waals surface area contributed by atoms with Gasteiger partial charge in [0.2, 0.25) is 5.88 Å². The molecular formula is C20H18N2O4. The molecule has 0 fully saturated rings. The molecule has 26 heavy (non-hydrogen) atoms. The molecule has 0 saturated heterocycles. The molecule has 0 bridgehead atoms. The van der Waals surface area contributed by atoms with Gasteiger partial charge in [0, 0.05) is 18.0 Å². The van der Waals surface area contributed by atoms with Gasteiger partial charge in [-0.15, -0.1) is 0 Å². The number of esters is 1. The Balaban J connectivity index is 1.84. The highest BCUT2D eigenvalue weighted by molar-refractivity contribution is 5.94.